The number of aliphatic imine (C=N–C) groups is 1. The van der Waals surface area contributed by atoms with Gasteiger partial charge in [0.2, 0.25) is 0 Å². The van der Waals surface area contributed by atoms with Crippen molar-refractivity contribution in [3.8, 4) is 0 Å². The van der Waals surface area contributed by atoms with Crippen LogP contribution >= 0.6 is 0 Å². The van der Waals surface area contributed by atoms with Crippen LogP contribution in [0, 0.1) is 6.92 Å². The van der Waals surface area contributed by atoms with E-state index in [1.54, 1.807) is 0 Å². The molecule has 0 N–H and O–H groups in total. The van der Waals surface area contributed by atoms with Gasteiger partial charge in [-0.2, -0.15) is 0 Å². The van der Waals surface area contributed by atoms with Gasteiger partial charge in [-0.05, 0) is 55.4 Å². The van der Waals surface area contributed by atoms with Gasteiger partial charge in [0.1, 0.15) is 0 Å². The molecule has 1 aliphatic rings. The van der Waals surface area contributed by atoms with Crippen LogP contribution in [0.5, 0.6) is 0 Å². The van der Waals surface area contributed by atoms with E-state index in [1.165, 1.54) is 35.2 Å². The highest BCUT2D eigenvalue weighted by Gasteiger charge is 2.17. The highest BCUT2D eigenvalue weighted by atomic mass is 14.8. The molecule has 0 amide bonds. The number of rotatable bonds is 2. The van der Waals surface area contributed by atoms with Crippen LogP contribution in [0.15, 0.2) is 53.5 Å². The SMILES string of the molecule is Cc1ccccc1/C=N/c1c2c(nc3ccccc13)CCCC2. The fourth-order valence-electron chi connectivity index (χ4n) is 3.36. The first kappa shape index (κ1) is 14.1. The summed E-state index contributed by atoms with van der Waals surface area (Å²) in [6, 6.07) is 16.7. The smallest absolute Gasteiger partial charge is 0.0774 e. The summed E-state index contributed by atoms with van der Waals surface area (Å²) < 4.78 is 0. The predicted molar refractivity (Wildman–Crippen MR) is 96.8 cm³/mol. The molecule has 0 unspecified atom stereocenters. The number of aromatic nitrogens is 1. The first-order valence-corrected chi connectivity index (χ1v) is 8.33. The molecule has 3 aromatic rings. The second-order valence-corrected chi connectivity index (χ2v) is 6.22. The van der Waals surface area contributed by atoms with Gasteiger partial charge in [0.15, 0.2) is 0 Å². The molecule has 1 aromatic heterocycles. The highest BCUT2D eigenvalue weighted by Crippen LogP contribution is 2.35. The Morgan fingerprint density at radius 2 is 1.74 bits per heavy atom. The summed E-state index contributed by atoms with van der Waals surface area (Å²) in [5, 5.41) is 1.16. The molecule has 0 saturated heterocycles. The summed E-state index contributed by atoms with van der Waals surface area (Å²) in [4.78, 5) is 9.79. The van der Waals surface area contributed by atoms with Gasteiger partial charge in [0.05, 0.1) is 11.2 Å². The van der Waals surface area contributed by atoms with Gasteiger partial charge >= 0.3 is 0 Å². The Morgan fingerprint density at radius 1 is 0.957 bits per heavy atom. The Bertz CT molecular complexity index is 893. The molecule has 2 heteroatoms. The molecular formula is C21H20N2. The first-order valence-electron chi connectivity index (χ1n) is 8.33. The van der Waals surface area contributed by atoms with E-state index >= 15 is 0 Å². The lowest BCUT2D eigenvalue weighted by molar-refractivity contribution is 0.672. The normalized spacial score (nSPS) is 14.3. The van der Waals surface area contributed by atoms with Crippen molar-refractivity contribution in [2.45, 2.75) is 32.6 Å². The monoisotopic (exact) mass is 300 g/mol. The van der Waals surface area contributed by atoms with Gasteiger partial charge in [-0.25, -0.2) is 0 Å². The summed E-state index contributed by atoms with van der Waals surface area (Å²) in [6.45, 7) is 2.13. The molecule has 0 aliphatic heterocycles. The maximum atomic E-state index is 4.91. The van der Waals surface area contributed by atoms with Crippen molar-refractivity contribution in [3.05, 3.63) is 70.9 Å². The Morgan fingerprint density at radius 3 is 2.65 bits per heavy atom. The maximum Gasteiger partial charge on any atom is 0.0774 e. The van der Waals surface area contributed by atoms with Crippen LogP contribution in [0.2, 0.25) is 0 Å². The number of hydrogen-bond donors (Lipinski definition) is 0. The molecule has 0 atom stereocenters. The van der Waals surface area contributed by atoms with Crippen LogP contribution in [-0.4, -0.2) is 11.2 Å². The molecule has 114 valence electrons. The molecule has 2 aromatic carbocycles. The predicted octanol–water partition coefficient (Wildman–Crippen LogP) is 5.17. The molecule has 0 saturated carbocycles. The summed E-state index contributed by atoms with van der Waals surface area (Å²) in [7, 11) is 0. The molecule has 0 fully saturated rings. The fourth-order valence-corrected chi connectivity index (χ4v) is 3.36. The number of aryl methyl sites for hydroxylation is 2. The van der Waals surface area contributed by atoms with E-state index in [2.05, 4.69) is 55.5 Å². The van der Waals surface area contributed by atoms with Crippen molar-refractivity contribution < 1.29 is 0 Å². The summed E-state index contributed by atoms with van der Waals surface area (Å²) in [6.07, 6.45) is 6.64. The van der Waals surface area contributed by atoms with Gasteiger partial charge in [0, 0.05) is 17.3 Å². The number of benzene rings is 2. The van der Waals surface area contributed by atoms with Crippen LogP contribution < -0.4 is 0 Å². The maximum absolute atomic E-state index is 4.91. The van der Waals surface area contributed by atoms with Gasteiger partial charge < -0.3 is 0 Å². The fraction of sp³-hybridized carbons (Fsp3) is 0.238. The van der Waals surface area contributed by atoms with Crippen molar-refractivity contribution in [2.24, 2.45) is 4.99 Å². The zero-order valence-electron chi connectivity index (χ0n) is 13.4. The Hall–Kier alpha value is -2.48. The zero-order valence-corrected chi connectivity index (χ0v) is 13.4. The Labute approximate surface area is 136 Å². The minimum atomic E-state index is 1.06. The van der Waals surface area contributed by atoms with Crippen molar-refractivity contribution in [1.82, 2.24) is 4.98 Å². The van der Waals surface area contributed by atoms with E-state index in [9.17, 15) is 0 Å². The van der Waals surface area contributed by atoms with Gasteiger partial charge in [-0.1, -0.05) is 42.5 Å². The van der Waals surface area contributed by atoms with Gasteiger partial charge in [-0.3, -0.25) is 9.98 Å². The lowest BCUT2D eigenvalue weighted by Crippen LogP contribution is -2.06. The molecule has 0 spiro atoms. The van der Waals surface area contributed by atoms with Crippen LogP contribution in [0.25, 0.3) is 10.9 Å². The summed E-state index contributed by atoms with van der Waals surface area (Å²) >= 11 is 0. The number of pyridine rings is 1. The molecule has 2 nitrogen and oxygen atoms in total. The first-order chi connectivity index (χ1) is 11.3. The van der Waals surface area contributed by atoms with Crippen molar-refractivity contribution in [3.63, 3.8) is 0 Å². The molecule has 0 radical (unpaired) electrons. The third kappa shape index (κ3) is 2.65. The van der Waals surface area contributed by atoms with Crippen LogP contribution in [0.4, 0.5) is 5.69 Å². The standard InChI is InChI=1S/C21H20N2/c1-15-8-2-3-9-16(15)14-22-21-17-10-4-6-12-19(17)23-20-13-7-5-11-18(20)21/h2-4,6,8-10,12,14H,5,7,11,13H2,1H3/b22-14+. The van der Waals surface area contributed by atoms with E-state index in [4.69, 9.17) is 9.98 Å². The topological polar surface area (TPSA) is 25.2 Å². The van der Waals surface area contributed by atoms with E-state index < -0.39 is 0 Å². The molecule has 0 bridgehead atoms. The largest absolute Gasteiger partial charge is 0.255 e. The third-order valence-electron chi connectivity index (χ3n) is 4.66. The lowest BCUT2D eigenvalue weighted by atomic mass is 9.93. The Balaban J connectivity index is 1.89. The van der Waals surface area contributed by atoms with Gasteiger partial charge in [0.25, 0.3) is 0 Å². The average molecular weight is 300 g/mol. The van der Waals surface area contributed by atoms with Crippen molar-refractivity contribution in [1.29, 1.82) is 0 Å². The molecular weight excluding hydrogens is 280 g/mol. The lowest BCUT2D eigenvalue weighted by Gasteiger charge is -2.18. The van der Waals surface area contributed by atoms with E-state index in [0.717, 1.165) is 29.4 Å². The van der Waals surface area contributed by atoms with E-state index in [-0.39, 0.29) is 0 Å². The second kappa shape index (κ2) is 5.96. The van der Waals surface area contributed by atoms with Crippen LogP contribution in [-0.2, 0) is 12.8 Å². The van der Waals surface area contributed by atoms with E-state index in [1.807, 2.05) is 6.21 Å². The number of fused-ring (bicyclic) bond motifs is 2. The number of nitrogens with zero attached hydrogens (tertiary/aromatic N) is 2. The number of hydrogen-bond acceptors (Lipinski definition) is 2. The van der Waals surface area contributed by atoms with E-state index in [0.29, 0.717) is 0 Å². The molecule has 23 heavy (non-hydrogen) atoms. The molecule has 4 rings (SSSR count). The quantitative estimate of drug-likeness (QED) is 0.599. The third-order valence-corrected chi connectivity index (χ3v) is 4.66. The molecule has 1 aliphatic carbocycles. The van der Waals surface area contributed by atoms with Crippen molar-refractivity contribution >= 4 is 22.8 Å². The van der Waals surface area contributed by atoms with Crippen molar-refractivity contribution in [2.75, 3.05) is 0 Å². The zero-order chi connectivity index (χ0) is 15.6. The van der Waals surface area contributed by atoms with Crippen LogP contribution in [0.3, 0.4) is 0 Å². The molecule has 1 heterocycles. The summed E-state index contributed by atoms with van der Waals surface area (Å²) in [5.41, 5.74) is 7.20. The summed E-state index contributed by atoms with van der Waals surface area (Å²) in [5.74, 6) is 0. The minimum absolute atomic E-state index is 1.06. The number of para-hydroxylation sites is 1. The van der Waals surface area contributed by atoms with Crippen LogP contribution in [0.1, 0.15) is 35.2 Å². The second-order valence-electron chi connectivity index (χ2n) is 6.22. The Kier molecular flexibility index (Phi) is 3.66. The highest BCUT2D eigenvalue weighted by molar-refractivity contribution is 5.95. The minimum Gasteiger partial charge on any atom is -0.255 e. The average Bonchev–Trinajstić information content (AvgIpc) is 2.60. The van der Waals surface area contributed by atoms with Gasteiger partial charge in [-0.15, -0.1) is 0 Å².